The second-order valence-corrected chi connectivity index (χ2v) is 2.86. The Morgan fingerprint density at radius 1 is 1.21 bits per heavy atom. The van der Waals surface area contributed by atoms with E-state index in [0.717, 1.165) is 0 Å². The summed E-state index contributed by atoms with van der Waals surface area (Å²) in [6, 6.07) is 9.49. The summed E-state index contributed by atoms with van der Waals surface area (Å²) in [6.45, 7) is 0. The number of para-hydroxylation sites is 1. The van der Waals surface area contributed by atoms with Gasteiger partial charge in [-0.3, -0.25) is 0 Å². The van der Waals surface area contributed by atoms with Crippen molar-refractivity contribution in [2.24, 2.45) is 9.98 Å². The van der Waals surface area contributed by atoms with Crippen molar-refractivity contribution in [3.05, 3.63) is 36.0 Å². The Balaban J connectivity index is 2.08. The fourth-order valence-electron chi connectivity index (χ4n) is 0.929. The molecule has 14 heavy (non-hydrogen) atoms. The maximum absolute atomic E-state index is 5.62. The van der Waals surface area contributed by atoms with Crippen LogP contribution in [-0.2, 0) is 0 Å². The standard InChI is InChI=1S/C9H7ClN3O/c10-8-11-6-12-9(13-8)14-7-4-2-1-3-5-7/h1-6H,(H,11,12,13). The van der Waals surface area contributed by atoms with Crippen molar-refractivity contribution in [3.8, 4) is 5.75 Å². The van der Waals surface area contributed by atoms with Gasteiger partial charge in [0.15, 0.2) is 0 Å². The summed E-state index contributed by atoms with van der Waals surface area (Å²) in [6.07, 6.45) is 1.42. The van der Waals surface area contributed by atoms with Crippen molar-refractivity contribution < 1.29 is 4.74 Å². The van der Waals surface area contributed by atoms with Gasteiger partial charge in [-0.2, -0.15) is 9.98 Å². The van der Waals surface area contributed by atoms with Crippen molar-refractivity contribution >= 4 is 24.0 Å². The molecule has 1 aliphatic rings. The van der Waals surface area contributed by atoms with Crippen LogP contribution in [0.4, 0.5) is 0 Å². The number of nitrogens with zero attached hydrogens (tertiary/aromatic N) is 2. The number of amidine groups is 1. The molecule has 0 amide bonds. The van der Waals surface area contributed by atoms with Crippen LogP contribution >= 0.6 is 11.6 Å². The number of hydrogen-bond acceptors (Lipinski definition) is 4. The topological polar surface area (TPSA) is 46.0 Å². The molecule has 0 saturated heterocycles. The highest BCUT2D eigenvalue weighted by molar-refractivity contribution is 6.28. The fourth-order valence-corrected chi connectivity index (χ4v) is 1.05. The van der Waals surface area contributed by atoms with Crippen molar-refractivity contribution in [1.82, 2.24) is 5.32 Å². The summed E-state index contributed by atoms with van der Waals surface area (Å²) in [7, 11) is 0. The van der Waals surface area contributed by atoms with Gasteiger partial charge in [0.1, 0.15) is 5.75 Å². The SMILES string of the molecule is Cl[C]1N=C(Oc2ccccc2)N=CN1. The van der Waals surface area contributed by atoms with Crippen LogP contribution in [0.2, 0.25) is 0 Å². The van der Waals surface area contributed by atoms with Crippen molar-refractivity contribution in [3.63, 3.8) is 0 Å². The van der Waals surface area contributed by atoms with E-state index in [0.29, 0.717) is 5.75 Å². The first kappa shape index (κ1) is 9.02. The molecular formula is C9H7ClN3O. The van der Waals surface area contributed by atoms with Crippen LogP contribution in [0, 0.1) is 5.62 Å². The molecule has 5 heteroatoms. The van der Waals surface area contributed by atoms with Crippen LogP contribution in [0.25, 0.3) is 0 Å². The van der Waals surface area contributed by atoms with Gasteiger partial charge in [-0.05, 0) is 12.1 Å². The lowest BCUT2D eigenvalue weighted by molar-refractivity contribution is 0.538. The minimum absolute atomic E-state index is 0.222. The molecule has 0 bridgehead atoms. The van der Waals surface area contributed by atoms with Crippen LogP contribution in [0.5, 0.6) is 5.75 Å². The zero-order valence-electron chi connectivity index (χ0n) is 7.14. The van der Waals surface area contributed by atoms with Gasteiger partial charge in [0.05, 0.1) is 6.34 Å². The zero-order valence-corrected chi connectivity index (χ0v) is 7.90. The Morgan fingerprint density at radius 2 is 2.00 bits per heavy atom. The van der Waals surface area contributed by atoms with E-state index < -0.39 is 0 Å². The van der Waals surface area contributed by atoms with Gasteiger partial charge in [-0.25, -0.2) is 0 Å². The average molecular weight is 209 g/mol. The summed E-state index contributed by atoms with van der Waals surface area (Å²) in [4.78, 5) is 7.71. The smallest absolute Gasteiger partial charge is 0.322 e. The molecular weight excluding hydrogens is 202 g/mol. The molecule has 1 N–H and O–H groups in total. The van der Waals surface area contributed by atoms with E-state index in [2.05, 4.69) is 15.3 Å². The van der Waals surface area contributed by atoms with E-state index >= 15 is 0 Å². The minimum Gasteiger partial charge on any atom is -0.424 e. The van der Waals surface area contributed by atoms with Gasteiger partial charge < -0.3 is 10.1 Å². The summed E-state index contributed by atoms with van der Waals surface area (Å²) in [5.74, 6) is 0.676. The third-order valence-corrected chi connectivity index (χ3v) is 1.70. The summed E-state index contributed by atoms with van der Waals surface area (Å²) in [5, 5.41) is 2.62. The summed E-state index contributed by atoms with van der Waals surface area (Å²) < 4.78 is 5.33. The van der Waals surface area contributed by atoms with Gasteiger partial charge in [0.25, 0.3) is 5.62 Å². The molecule has 0 saturated carbocycles. The molecule has 0 atom stereocenters. The zero-order chi connectivity index (χ0) is 9.80. The lowest BCUT2D eigenvalue weighted by Gasteiger charge is -2.10. The Hall–Kier alpha value is -1.55. The van der Waals surface area contributed by atoms with Crippen LogP contribution in [0.1, 0.15) is 0 Å². The predicted molar refractivity (Wildman–Crippen MR) is 55.2 cm³/mol. The number of halogens is 1. The molecule has 1 radical (unpaired) electrons. The normalized spacial score (nSPS) is 15.9. The second-order valence-electron chi connectivity index (χ2n) is 2.50. The highest BCUT2D eigenvalue weighted by atomic mass is 35.5. The van der Waals surface area contributed by atoms with Gasteiger partial charge in [-0.15, -0.1) is 0 Å². The number of hydrogen-bond donors (Lipinski definition) is 1. The number of rotatable bonds is 1. The number of benzene rings is 1. The minimum atomic E-state index is 0.222. The van der Waals surface area contributed by atoms with E-state index in [1.165, 1.54) is 6.34 Å². The molecule has 1 aromatic carbocycles. The third-order valence-electron chi connectivity index (χ3n) is 1.50. The van der Waals surface area contributed by atoms with Crippen LogP contribution < -0.4 is 10.1 Å². The maximum Gasteiger partial charge on any atom is 0.322 e. The van der Waals surface area contributed by atoms with Gasteiger partial charge in [0, 0.05) is 0 Å². The summed E-state index contributed by atoms with van der Waals surface area (Å²) in [5.41, 5.74) is 0.242. The second kappa shape index (κ2) is 4.11. The molecule has 0 aromatic heterocycles. The average Bonchev–Trinajstić information content (AvgIpc) is 2.19. The molecule has 0 fully saturated rings. The number of aliphatic imine (C=N–C) groups is 2. The van der Waals surface area contributed by atoms with Gasteiger partial charge >= 0.3 is 6.02 Å². The van der Waals surface area contributed by atoms with Gasteiger partial charge in [0.2, 0.25) is 0 Å². The third kappa shape index (κ3) is 2.23. The lowest BCUT2D eigenvalue weighted by Crippen LogP contribution is -2.22. The molecule has 1 aliphatic heterocycles. The van der Waals surface area contributed by atoms with E-state index in [1.54, 1.807) is 0 Å². The molecule has 1 heterocycles. The number of ether oxygens (including phenoxy) is 1. The fraction of sp³-hybridized carbons (Fsp3) is 0. The molecule has 0 aliphatic carbocycles. The van der Waals surface area contributed by atoms with E-state index in [1.807, 2.05) is 30.3 Å². The Morgan fingerprint density at radius 3 is 2.71 bits per heavy atom. The molecule has 2 rings (SSSR count). The monoisotopic (exact) mass is 208 g/mol. The molecule has 71 valence electrons. The van der Waals surface area contributed by atoms with E-state index in [9.17, 15) is 0 Å². The Kier molecular flexibility index (Phi) is 2.65. The molecule has 0 unspecified atom stereocenters. The van der Waals surface area contributed by atoms with Crippen molar-refractivity contribution in [1.29, 1.82) is 0 Å². The van der Waals surface area contributed by atoms with Crippen molar-refractivity contribution in [2.75, 3.05) is 0 Å². The largest absolute Gasteiger partial charge is 0.424 e. The molecule has 1 aromatic rings. The summed E-state index contributed by atoms with van der Waals surface area (Å²) >= 11 is 5.62. The number of nitrogens with one attached hydrogen (secondary N) is 1. The maximum atomic E-state index is 5.62. The highest BCUT2D eigenvalue weighted by Gasteiger charge is 2.10. The molecule has 0 spiro atoms. The van der Waals surface area contributed by atoms with E-state index in [-0.39, 0.29) is 11.6 Å². The Labute approximate surface area is 86.3 Å². The van der Waals surface area contributed by atoms with Gasteiger partial charge in [-0.1, -0.05) is 29.8 Å². The Bertz CT molecular complexity index is 364. The first-order valence-corrected chi connectivity index (χ1v) is 4.35. The first-order chi connectivity index (χ1) is 6.84. The van der Waals surface area contributed by atoms with E-state index in [4.69, 9.17) is 16.3 Å². The van der Waals surface area contributed by atoms with Crippen molar-refractivity contribution in [2.45, 2.75) is 0 Å². The molecule has 4 nitrogen and oxygen atoms in total. The highest BCUT2D eigenvalue weighted by Crippen LogP contribution is 2.12. The van der Waals surface area contributed by atoms with Crippen LogP contribution in [-0.4, -0.2) is 12.4 Å². The van der Waals surface area contributed by atoms with Crippen LogP contribution in [0.15, 0.2) is 40.3 Å². The lowest BCUT2D eigenvalue weighted by atomic mass is 10.3. The van der Waals surface area contributed by atoms with Crippen LogP contribution in [0.3, 0.4) is 0 Å². The predicted octanol–water partition coefficient (Wildman–Crippen LogP) is 1.74. The first-order valence-electron chi connectivity index (χ1n) is 3.98. The quantitative estimate of drug-likeness (QED) is 0.715.